The number of carboxylic acids is 1. The first-order valence-corrected chi connectivity index (χ1v) is 37.7. The topological polar surface area (TPSA) is 321 Å². The van der Waals surface area contributed by atoms with Gasteiger partial charge in [-0.1, -0.05) is 68.4 Å². The van der Waals surface area contributed by atoms with Gasteiger partial charge in [0.05, 0.1) is 36.8 Å². The van der Waals surface area contributed by atoms with Gasteiger partial charge in [0, 0.05) is 104 Å². The Morgan fingerprint density at radius 1 is 0.425 bits per heavy atom. The van der Waals surface area contributed by atoms with Crippen LogP contribution in [-0.2, 0) is 34.2 Å². The highest BCUT2D eigenvalue weighted by molar-refractivity contribution is 14.1. The van der Waals surface area contributed by atoms with Crippen molar-refractivity contribution in [1.82, 2.24) is 24.3 Å². The van der Waals surface area contributed by atoms with Crippen LogP contribution in [0.3, 0.4) is 0 Å². The predicted octanol–water partition coefficient (Wildman–Crippen LogP) is 16.8. The Labute approximate surface area is 687 Å². The Balaban J connectivity index is 0.000000196. The largest absolute Gasteiger partial charge is 0.497 e. The van der Waals surface area contributed by atoms with Gasteiger partial charge in [-0.15, -0.1) is 0 Å². The molecule has 8 aromatic carbocycles. The van der Waals surface area contributed by atoms with Crippen molar-refractivity contribution in [3.63, 3.8) is 0 Å². The highest BCUT2D eigenvalue weighted by Crippen LogP contribution is 2.39. The first-order chi connectivity index (χ1) is 53.8. The number of nitrogens with one attached hydrogen (secondary N) is 5. The number of methoxy groups -OCH3 is 2. The Morgan fingerprint density at radius 2 is 0.726 bits per heavy atom. The van der Waals surface area contributed by atoms with Gasteiger partial charge in [0.1, 0.15) is 97.6 Å². The normalized spacial score (nSPS) is 10.7. The van der Waals surface area contributed by atoms with Crippen molar-refractivity contribution in [2.24, 2.45) is 26.9 Å². The Hall–Kier alpha value is -11.8. The molecule has 0 bridgehead atoms. The van der Waals surface area contributed by atoms with E-state index in [0.29, 0.717) is 74.4 Å². The number of aromatic carboxylic acids is 1. The minimum absolute atomic E-state index is 0.00569. The second-order valence-corrected chi connectivity index (χ2v) is 28.7. The van der Waals surface area contributed by atoms with E-state index in [0.717, 1.165) is 27.8 Å². The molecule has 0 fully saturated rings. The summed E-state index contributed by atoms with van der Waals surface area (Å²) in [6, 6.07) is 45.7. The van der Waals surface area contributed by atoms with Crippen molar-refractivity contribution >= 4 is 138 Å². The van der Waals surface area contributed by atoms with E-state index in [-0.39, 0.29) is 104 Å². The number of aromatic nitrogens is 3. The van der Waals surface area contributed by atoms with E-state index in [1.54, 1.807) is 140 Å². The molecule has 0 atom stereocenters. The van der Waals surface area contributed by atoms with Gasteiger partial charge in [0.15, 0.2) is 11.6 Å². The number of benzene rings is 8. The maximum atomic E-state index is 14.9. The van der Waals surface area contributed by atoms with Crippen LogP contribution < -0.4 is 72.7 Å². The molecule has 113 heavy (non-hydrogen) atoms. The third kappa shape index (κ3) is 20.9. The number of anilines is 6. The molecule has 11 aromatic rings. The number of Topliss-reactive ketones (excluding diaryl/α,β-unsaturated/α-hetero) is 2. The molecule has 0 aliphatic rings. The van der Waals surface area contributed by atoms with Crippen LogP contribution in [0.2, 0.25) is 0 Å². The van der Waals surface area contributed by atoms with Crippen molar-refractivity contribution < 1.29 is 70.7 Å². The van der Waals surface area contributed by atoms with E-state index in [1.165, 1.54) is 90.9 Å². The molecule has 11 rings (SSSR count). The molecular formula is C83H75F3I3N9O15. The second kappa shape index (κ2) is 38.4. The van der Waals surface area contributed by atoms with Crippen LogP contribution in [0.25, 0.3) is 0 Å². The van der Waals surface area contributed by atoms with Crippen LogP contribution in [-0.4, -0.2) is 68.3 Å². The Bertz CT molecular complexity index is 5700. The zero-order chi connectivity index (χ0) is 82.2. The number of pyridine rings is 3. The van der Waals surface area contributed by atoms with Crippen molar-refractivity contribution in [3.8, 4) is 46.0 Å². The number of nitrogens with zero attached hydrogens (tertiary/aromatic N) is 3. The average Bonchev–Trinajstić information content (AvgIpc) is 0.783. The van der Waals surface area contributed by atoms with Crippen LogP contribution in [0.15, 0.2) is 190 Å². The van der Waals surface area contributed by atoms with Crippen molar-refractivity contribution in [3.05, 3.63) is 296 Å². The highest BCUT2D eigenvalue weighted by Gasteiger charge is 2.29. The van der Waals surface area contributed by atoms with Crippen LogP contribution in [0.5, 0.6) is 46.0 Å². The molecule has 0 saturated heterocycles. The summed E-state index contributed by atoms with van der Waals surface area (Å²) < 4.78 is 78.1. The number of primary amides is 1. The van der Waals surface area contributed by atoms with E-state index in [9.17, 15) is 61.4 Å². The number of hydrogen-bond acceptors (Lipinski definition) is 17. The van der Waals surface area contributed by atoms with Crippen LogP contribution in [0.1, 0.15) is 117 Å². The first-order valence-electron chi connectivity index (χ1n) is 34.5. The molecule has 3 amide bonds. The summed E-state index contributed by atoms with van der Waals surface area (Å²) in [5.74, 6) is -3.19. The summed E-state index contributed by atoms with van der Waals surface area (Å²) in [6.07, 6.45) is 0.628. The molecule has 3 heterocycles. The quantitative estimate of drug-likeness (QED) is 0.0196. The van der Waals surface area contributed by atoms with Crippen LogP contribution in [0.4, 0.5) is 47.7 Å². The van der Waals surface area contributed by atoms with Crippen LogP contribution in [0, 0.1) is 48.9 Å². The molecule has 8 N–H and O–H groups in total. The number of amides is 3. The number of carboxylic acid groups (broad SMARTS) is 1. The zero-order valence-corrected chi connectivity index (χ0v) is 68.9. The number of ketones is 2. The molecule has 24 nitrogen and oxygen atoms in total. The van der Waals surface area contributed by atoms with E-state index in [4.69, 9.17) is 29.4 Å². The smallest absolute Gasteiger partial charge is 0.336 e. The number of halogens is 6. The monoisotopic (exact) mass is 1880 g/mol. The molecule has 3 aromatic heterocycles. The zero-order valence-electron chi connectivity index (χ0n) is 62.4. The van der Waals surface area contributed by atoms with Gasteiger partial charge in [-0.25, -0.2) is 18.0 Å². The minimum Gasteiger partial charge on any atom is -0.497 e. The van der Waals surface area contributed by atoms with E-state index >= 15 is 0 Å². The van der Waals surface area contributed by atoms with E-state index in [1.807, 2.05) is 79.9 Å². The lowest BCUT2D eigenvalue weighted by Gasteiger charge is -2.20. The maximum absolute atomic E-state index is 14.9. The van der Waals surface area contributed by atoms with E-state index < -0.39 is 57.8 Å². The van der Waals surface area contributed by atoms with Gasteiger partial charge in [-0.2, -0.15) is 0 Å². The third-order valence-electron chi connectivity index (χ3n) is 17.7. The summed E-state index contributed by atoms with van der Waals surface area (Å²) in [4.78, 5) is 115. The molecule has 0 radical (unpaired) electrons. The molecule has 0 saturated carbocycles. The summed E-state index contributed by atoms with van der Waals surface area (Å²) in [5.41, 5.74) is 8.06. The number of rotatable bonds is 26. The molecule has 0 aliphatic carbocycles. The standard InChI is InChI=1S/C31H29FIN3O5.C29H25FIN3O6.C23H21FIN3O4/c1-5-25(37)22-7-6-8-26(18(22)2)41-27-16-28(38)36(3)30(35-24-14-11-20(33)15-23(24)32)29(27)31(39)34-17-19-9-12-21(40-4)13-10-19;1-16-20(29(37)38)5-4-6-23(16)40-24-14-25(35)34(2)27(33-22-12-9-18(31)13-21(22)30)26(24)28(36)32-15-17-7-10-19(39-3)11-8-17;1-4-17(29)14-6-5-7-18(12(14)2)32-19-11-20(30)28(3)23(21(19)22(26)31)27-16-9-8-13(25)10-15(16)24/h6-16,35H,5,17H2,1-4H3,(H,34,39);4-14,33H,15H2,1-3H3,(H,32,36)(H,37,38);5-11,27H,4H2,1-3H3,(H2,26,31). The maximum Gasteiger partial charge on any atom is 0.336 e. The SMILES string of the molecule is CCC(=O)c1cccc(Oc2cc(=O)n(C)c(Nc3ccc(I)cc3F)c2C(=O)NCc2ccc(OC)cc2)c1C.CCC(=O)c1cccc(Oc2cc(=O)n(C)c(Nc3ccc(I)cc3F)c2C(N)=O)c1C.COc1ccc(CNC(=O)c2c(Oc3cccc(C(=O)O)c3C)cc(=O)n(C)c2Nc2ccc(I)cc2F)cc1. The minimum atomic E-state index is -1.15. The Morgan fingerprint density at radius 3 is 1.02 bits per heavy atom. The lowest BCUT2D eigenvalue weighted by molar-refractivity contribution is 0.0694. The predicted molar refractivity (Wildman–Crippen MR) is 449 cm³/mol. The lowest BCUT2D eigenvalue weighted by Crippen LogP contribution is -2.29. The fourth-order valence-electron chi connectivity index (χ4n) is 11.3. The summed E-state index contributed by atoms with van der Waals surface area (Å²) in [6.45, 7) is 8.83. The molecule has 584 valence electrons. The van der Waals surface area contributed by atoms with Crippen molar-refractivity contribution in [2.75, 3.05) is 30.2 Å². The van der Waals surface area contributed by atoms with Gasteiger partial charge in [-0.05, 0) is 203 Å². The first kappa shape index (κ1) is 85.2. The number of carbonyl (C=O) groups is 6. The molecule has 0 spiro atoms. The van der Waals surface area contributed by atoms with E-state index in [2.05, 4.69) is 26.6 Å². The summed E-state index contributed by atoms with van der Waals surface area (Å²) in [7, 11) is 7.47. The van der Waals surface area contributed by atoms with Crippen molar-refractivity contribution in [2.45, 2.75) is 60.5 Å². The third-order valence-corrected chi connectivity index (χ3v) is 19.7. The number of carbonyl (C=O) groups excluding carboxylic acids is 5. The second-order valence-electron chi connectivity index (χ2n) is 25.0. The number of ether oxygens (including phenoxy) is 5. The lowest BCUT2D eigenvalue weighted by atomic mass is 10.0. The van der Waals surface area contributed by atoms with Gasteiger partial charge in [0.2, 0.25) is 0 Å². The van der Waals surface area contributed by atoms with Gasteiger partial charge in [0.25, 0.3) is 34.4 Å². The van der Waals surface area contributed by atoms with Gasteiger partial charge < -0.3 is 61.1 Å². The number of hydrogen-bond donors (Lipinski definition) is 7. The van der Waals surface area contributed by atoms with Crippen molar-refractivity contribution in [1.29, 1.82) is 0 Å². The summed E-state index contributed by atoms with van der Waals surface area (Å²) in [5, 5.41) is 23.8. The number of nitrogens with two attached hydrogens (primary N) is 1. The fourth-order valence-corrected chi connectivity index (χ4v) is 12.7. The molecule has 0 unspecified atom stereocenters. The molecule has 0 aliphatic heterocycles. The van der Waals surface area contributed by atoms with Gasteiger partial charge >= 0.3 is 5.97 Å². The fraction of sp³-hybridized carbons (Fsp3) is 0.169. The summed E-state index contributed by atoms with van der Waals surface area (Å²) >= 11 is 5.94. The average molecular weight is 1880 g/mol. The van der Waals surface area contributed by atoms with Crippen LogP contribution >= 0.6 is 67.8 Å². The van der Waals surface area contributed by atoms with Gasteiger partial charge in [-0.3, -0.25) is 52.1 Å². The Kier molecular flexibility index (Phi) is 29.0. The molecular weight excluding hydrogens is 1800 g/mol. The molecule has 30 heteroatoms. The highest BCUT2D eigenvalue weighted by atomic mass is 127.